The summed E-state index contributed by atoms with van der Waals surface area (Å²) in [5.41, 5.74) is 9.09. The van der Waals surface area contributed by atoms with Crippen LogP contribution in [0.3, 0.4) is 0 Å². The molecule has 1 aromatic carbocycles. The Kier molecular flexibility index (Phi) is 2.72. The van der Waals surface area contributed by atoms with E-state index in [4.69, 9.17) is 10.5 Å². The van der Waals surface area contributed by atoms with Crippen LogP contribution in [0.2, 0.25) is 0 Å². The molecule has 0 saturated carbocycles. The van der Waals surface area contributed by atoms with Gasteiger partial charge in [0.05, 0.1) is 17.2 Å². The van der Waals surface area contributed by atoms with E-state index in [0.29, 0.717) is 11.5 Å². The van der Waals surface area contributed by atoms with Crippen molar-refractivity contribution in [1.29, 1.82) is 5.26 Å². The quantitative estimate of drug-likeness (QED) is 0.855. The minimum absolute atomic E-state index is 0.150. The van der Waals surface area contributed by atoms with Crippen LogP contribution < -0.4 is 10.5 Å². The molecule has 1 aliphatic heterocycles. The summed E-state index contributed by atoms with van der Waals surface area (Å²) >= 11 is 0. The highest BCUT2D eigenvalue weighted by Crippen LogP contribution is 2.43. The van der Waals surface area contributed by atoms with E-state index in [1.54, 1.807) is 11.7 Å². The smallest absolute Gasteiger partial charge is 0.224 e. The summed E-state index contributed by atoms with van der Waals surface area (Å²) in [6.45, 7) is 1.91. The van der Waals surface area contributed by atoms with Gasteiger partial charge in [0.25, 0.3) is 0 Å². The largest absolute Gasteiger partial charge is 0.422 e. The van der Waals surface area contributed by atoms with E-state index in [-0.39, 0.29) is 11.8 Å². The number of nitriles is 1. The molecule has 0 aliphatic carbocycles. The molecule has 100 valence electrons. The first kappa shape index (κ1) is 12.3. The molecule has 0 amide bonds. The van der Waals surface area contributed by atoms with Crippen LogP contribution in [0.4, 0.5) is 0 Å². The van der Waals surface area contributed by atoms with Gasteiger partial charge in [0, 0.05) is 7.05 Å². The van der Waals surface area contributed by atoms with E-state index < -0.39 is 0 Å². The molecule has 1 atom stereocenters. The lowest BCUT2D eigenvalue weighted by atomic mass is 9.84. The SMILES string of the molecule is Cc1nn(C)c2c1C(c1ccccc1)C(C#N)=C(N)O2. The summed E-state index contributed by atoms with van der Waals surface area (Å²) in [5, 5.41) is 13.8. The molecular weight excluding hydrogens is 252 g/mol. The fraction of sp³-hybridized carbons (Fsp3) is 0.200. The number of rotatable bonds is 1. The van der Waals surface area contributed by atoms with Crippen LogP contribution in [0.25, 0.3) is 0 Å². The highest BCUT2D eigenvalue weighted by atomic mass is 16.5. The van der Waals surface area contributed by atoms with Crippen LogP contribution in [0.15, 0.2) is 41.8 Å². The first-order valence-corrected chi connectivity index (χ1v) is 6.29. The molecule has 0 radical (unpaired) electrons. The number of hydrogen-bond donors (Lipinski definition) is 1. The second-order valence-electron chi connectivity index (χ2n) is 4.76. The van der Waals surface area contributed by atoms with Gasteiger partial charge in [-0.05, 0) is 12.5 Å². The Morgan fingerprint density at radius 3 is 2.70 bits per heavy atom. The van der Waals surface area contributed by atoms with Gasteiger partial charge in [0.1, 0.15) is 11.6 Å². The summed E-state index contributed by atoms with van der Waals surface area (Å²) < 4.78 is 7.23. The Bertz CT molecular complexity index is 737. The van der Waals surface area contributed by atoms with Crippen molar-refractivity contribution in [2.45, 2.75) is 12.8 Å². The zero-order chi connectivity index (χ0) is 14.3. The van der Waals surface area contributed by atoms with Crippen molar-refractivity contribution in [2.24, 2.45) is 12.8 Å². The molecule has 20 heavy (non-hydrogen) atoms. The van der Waals surface area contributed by atoms with Crippen molar-refractivity contribution < 1.29 is 4.74 Å². The van der Waals surface area contributed by atoms with E-state index in [2.05, 4.69) is 11.2 Å². The second kappa shape index (κ2) is 4.42. The number of ether oxygens (including phenoxy) is 1. The van der Waals surface area contributed by atoms with E-state index >= 15 is 0 Å². The van der Waals surface area contributed by atoms with Crippen molar-refractivity contribution in [1.82, 2.24) is 9.78 Å². The van der Waals surface area contributed by atoms with Crippen molar-refractivity contribution in [3.63, 3.8) is 0 Å². The third-order valence-corrected chi connectivity index (χ3v) is 3.52. The Balaban J connectivity index is 2.28. The molecule has 1 aliphatic rings. The summed E-state index contributed by atoms with van der Waals surface area (Å²) in [4.78, 5) is 0. The Morgan fingerprint density at radius 2 is 2.05 bits per heavy atom. The lowest BCUT2D eigenvalue weighted by Gasteiger charge is -2.24. The molecule has 2 heterocycles. The first-order valence-electron chi connectivity index (χ1n) is 6.29. The van der Waals surface area contributed by atoms with Gasteiger partial charge < -0.3 is 10.5 Å². The summed E-state index contributed by atoms with van der Waals surface area (Å²) in [6, 6.07) is 12.0. The van der Waals surface area contributed by atoms with Crippen LogP contribution in [-0.2, 0) is 7.05 Å². The summed E-state index contributed by atoms with van der Waals surface area (Å²) in [6.07, 6.45) is 0. The number of aryl methyl sites for hydroxylation is 2. The summed E-state index contributed by atoms with van der Waals surface area (Å²) in [7, 11) is 1.80. The third kappa shape index (κ3) is 1.66. The van der Waals surface area contributed by atoms with E-state index in [9.17, 15) is 5.26 Å². The maximum absolute atomic E-state index is 9.42. The molecule has 3 rings (SSSR count). The highest BCUT2D eigenvalue weighted by molar-refractivity contribution is 5.55. The predicted octanol–water partition coefficient (Wildman–Crippen LogP) is 1.95. The molecule has 5 nitrogen and oxygen atoms in total. The molecular formula is C15H14N4O. The van der Waals surface area contributed by atoms with E-state index in [1.807, 2.05) is 37.3 Å². The monoisotopic (exact) mass is 266 g/mol. The molecule has 0 fully saturated rings. The van der Waals surface area contributed by atoms with Gasteiger partial charge in [0.15, 0.2) is 0 Å². The molecule has 1 unspecified atom stereocenters. The minimum Gasteiger partial charge on any atom is -0.422 e. The van der Waals surface area contributed by atoms with E-state index in [0.717, 1.165) is 16.8 Å². The summed E-state index contributed by atoms with van der Waals surface area (Å²) in [5.74, 6) is 0.531. The zero-order valence-electron chi connectivity index (χ0n) is 11.3. The van der Waals surface area contributed by atoms with E-state index in [1.165, 1.54) is 0 Å². The average molecular weight is 266 g/mol. The topological polar surface area (TPSA) is 76.9 Å². The van der Waals surface area contributed by atoms with Gasteiger partial charge >= 0.3 is 0 Å². The maximum atomic E-state index is 9.42. The van der Waals surface area contributed by atoms with Crippen molar-refractivity contribution in [2.75, 3.05) is 0 Å². The van der Waals surface area contributed by atoms with Crippen LogP contribution in [-0.4, -0.2) is 9.78 Å². The second-order valence-corrected chi connectivity index (χ2v) is 4.76. The number of nitrogens with zero attached hydrogens (tertiary/aromatic N) is 3. The Labute approximate surface area is 116 Å². The highest BCUT2D eigenvalue weighted by Gasteiger charge is 2.34. The Morgan fingerprint density at radius 1 is 1.35 bits per heavy atom. The van der Waals surface area contributed by atoms with Crippen LogP contribution in [0.1, 0.15) is 22.7 Å². The van der Waals surface area contributed by atoms with Gasteiger partial charge in [-0.1, -0.05) is 30.3 Å². The fourth-order valence-corrected chi connectivity index (χ4v) is 2.65. The fourth-order valence-electron chi connectivity index (χ4n) is 2.65. The number of allylic oxidation sites excluding steroid dienone is 1. The molecule has 1 aromatic heterocycles. The van der Waals surface area contributed by atoms with Gasteiger partial charge in [-0.2, -0.15) is 10.4 Å². The number of benzene rings is 1. The number of fused-ring (bicyclic) bond motifs is 1. The number of nitrogens with two attached hydrogens (primary N) is 1. The minimum atomic E-state index is -0.223. The lowest BCUT2D eigenvalue weighted by molar-refractivity contribution is 0.358. The van der Waals surface area contributed by atoms with Crippen molar-refractivity contribution in [3.8, 4) is 11.9 Å². The molecule has 5 heteroatoms. The van der Waals surface area contributed by atoms with Gasteiger partial charge in [-0.25, -0.2) is 4.68 Å². The lowest BCUT2D eigenvalue weighted by Crippen LogP contribution is -2.21. The first-order chi connectivity index (χ1) is 9.63. The van der Waals surface area contributed by atoms with Crippen LogP contribution >= 0.6 is 0 Å². The predicted molar refractivity (Wildman–Crippen MR) is 73.7 cm³/mol. The van der Waals surface area contributed by atoms with Crippen molar-refractivity contribution >= 4 is 0 Å². The van der Waals surface area contributed by atoms with Gasteiger partial charge in [-0.15, -0.1) is 0 Å². The average Bonchev–Trinajstić information content (AvgIpc) is 2.73. The Hall–Kier alpha value is -2.74. The van der Waals surface area contributed by atoms with Crippen LogP contribution in [0, 0.1) is 18.3 Å². The molecule has 2 N–H and O–H groups in total. The standard InChI is InChI=1S/C15H14N4O/c1-9-12-13(10-6-4-3-5-7-10)11(8-16)14(17)20-15(12)19(2)18-9/h3-7,13H,17H2,1-2H3. The van der Waals surface area contributed by atoms with Gasteiger partial charge in [-0.3, -0.25) is 0 Å². The molecule has 0 bridgehead atoms. The third-order valence-electron chi connectivity index (χ3n) is 3.52. The van der Waals surface area contributed by atoms with Crippen LogP contribution in [0.5, 0.6) is 5.88 Å². The van der Waals surface area contributed by atoms with Crippen molar-refractivity contribution in [3.05, 3.63) is 58.6 Å². The number of hydrogen-bond acceptors (Lipinski definition) is 4. The molecule has 2 aromatic rings. The van der Waals surface area contributed by atoms with Gasteiger partial charge in [0.2, 0.25) is 11.8 Å². The maximum Gasteiger partial charge on any atom is 0.224 e. The number of aromatic nitrogens is 2. The normalized spacial score (nSPS) is 17.4. The molecule has 0 saturated heterocycles. The molecule has 0 spiro atoms. The zero-order valence-corrected chi connectivity index (χ0v) is 11.3.